The summed E-state index contributed by atoms with van der Waals surface area (Å²) in [6.07, 6.45) is 4.96. The fourth-order valence-electron chi connectivity index (χ4n) is 8.27. The third-order valence-corrected chi connectivity index (χ3v) is 10.1. The van der Waals surface area contributed by atoms with Crippen molar-refractivity contribution in [1.82, 2.24) is 0 Å². The number of esters is 1. The average molecular weight is 483 g/mol. The predicted octanol–water partition coefficient (Wildman–Crippen LogP) is 2.30. The highest BCUT2D eigenvalue weighted by molar-refractivity contribution is 6.07. The van der Waals surface area contributed by atoms with Gasteiger partial charge in [0.2, 0.25) is 11.6 Å². The fraction of sp³-hybridized carbons (Fsp3) is 0.667. The molecule has 35 heavy (non-hydrogen) atoms. The number of allylic oxidation sites excluding steroid dienone is 2. The minimum Gasteiger partial charge on any atom is -0.490 e. The molecule has 9 atom stereocenters. The van der Waals surface area contributed by atoms with Gasteiger partial charge in [0.15, 0.2) is 5.60 Å². The zero-order valence-electron chi connectivity index (χ0n) is 20.5. The number of ether oxygens (including phenoxy) is 4. The Morgan fingerprint density at radius 1 is 1.03 bits per heavy atom. The van der Waals surface area contributed by atoms with Gasteiger partial charge in [0.25, 0.3) is 0 Å². The molecule has 0 radical (unpaired) electrons. The molecule has 7 aliphatic rings. The van der Waals surface area contributed by atoms with Crippen molar-refractivity contribution in [3.8, 4) is 0 Å². The van der Waals surface area contributed by atoms with E-state index in [4.69, 9.17) is 18.9 Å². The van der Waals surface area contributed by atoms with Crippen LogP contribution in [-0.2, 0) is 33.3 Å². The van der Waals surface area contributed by atoms with Gasteiger partial charge in [0, 0.05) is 40.7 Å². The molecule has 2 bridgehead atoms. The lowest BCUT2D eigenvalue weighted by molar-refractivity contribution is -0.334. The number of Topliss-reactive ketones (excluding diaryl/α,β-unsaturated/α-hetero) is 2. The molecule has 0 aromatic heterocycles. The second kappa shape index (κ2) is 5.98. The van der Waals surface area contributed by atoms with E-state index in [2.05, 4.69) is 0 Å². The van der Waals surface area contributed by atoms with Gasteiger partial charge >= 0.3 is 5.97 Å². The van der Waals surface area contributed by atoms with E-state index in [1.807, 2.05) is 39.8 Å². The highest BCUT2D eigenvalue weighted by atomic mass is 16.7. The van der Waals surface area contributed by atoms with Gasteiger partial charge in [0.05, 0.1) is 6.26 Å². The molecule has 1 N–H and O–H groups in total. The van der Waals surface area contributed by atoms with Crippen molar-refractivity contribution < 1.29 is 38.4 Å². The van der Waals surface area contributed by atoms with E-state index in [-0.39, 0.29) is 11.6 Å². The van der Waals surface area contributed by atoms with Gasteiger partial charge in [-0.25, -0.2) is 4.79 Å². The lowest BCUT2D eigenvalue weighted by Crippen LogP contribution is -2.65. The highest BCUT2D eigenvalue weighted by Crippen LogP contribution is 2.69. The Hall–Kier alpha value is -2.29. The zero-order valence-corrected chi connectivity index (χ0v) is 20.5. The Morgan fingerprint density at radius 2 is 1.74 bits per heavy atom. The molecule has 8 heteroatoms. The largest absolute Gasteiger partial charge is 0.490 e. The van der Waals surface area contributed by atoms with Gasteiger partial charge in [-0.1, -0.05) is 26.0 Å². The lowest BCUT2D eigenvalue weighted by atomic mass is 9.62. The summed E-state index contributed by atoms with van der Waals surface area (Å²) in [7, 11) is 0. The van der Waals surface area contributed by atoms with Gasteiger partial charge in [0.1, 0.15) is 29.2 Å². The fourth-order valence-corrected chi connectivity index (χ4v) is 8.27. The summed E-state index contributed by atoms with van der Waals surface area (Å²) in [4.78, 5) is 40.8. The number of ketones is 2. The third-order valence-electron chi connectivity index (χ3n) is 10.1. The normalized spacial score (nSPS) is 52.7. The molecule has 186 valence electrons. The molecule has 2 aliphatic carbocycles. The van der Waals surface area contributed by atoms with Crippen LogP contribution in [-0.4, -0.2) is 57.4 Å². The third kappa shape index (κ3) is 2.24. The number of aliphatic hydroxyl groups is 1. The smallest absolute Gasteiger partial charge is 0.341 e. The topological polar surface area (TPSA) is 108 Å². The Morgan fingerprint density at radius 3 is 2.49 bits per heavy atom. The minimum absolute atomic E-state index is 0.0292. The van der Waals surface area contributed by atoms with E-state index >= 15 is 0 Å². The van der Waals surface area contributed by atoms with Crippen LogP contribution in [0, 0.1) is 23.2 Å². The van der Waals surface area contributed by atoms with Crippen molar-refractivity contribution in [1.29, 1.82) is 0 Å². The van der Waals surface area contributed by atoms with E-state index in [9.17, 15) is 19.5 Å². The average Bonchev–Trinajstić information content (AvgIpc) is 3.26. The maximum absolute atomic E-state index is 14.4. The summed E-state index contributed by atoms with van der Waals surface area (Å²) < 4.78 is 24.9. The number of carbonyl (C=O) groups excluding carboxylic acids is 3. The summed E-state index contributed by atoms with van der Waals surface area (Å²) >= 11 is 0. The molecule has 1 saturated carbocycles. The first-order valence-corrected chi connectivity index (χ1v) is 12.5. The molecule has 8 nitrogen and oxygen atoms in total. The van der Waals surface area contributed by atoms with Crippen molar-refractivity contribution in [2.45, 2.75) is 88.7 Å². The monoisotopic (exact) mass is 482 g/mol. The van der Waals surface area contributed by atoms with Crippen molar-refractivity contribution in [2.75, 3.05) is 0 Å². The van der Waals surface area contributed by atoms with Crippen LogP contribution in [0.4, 0.5) is 0 Å². The second-order valence-corrected chi connectivity index (χ2v) is 12.4. The van der Waals surface area contributed by atoms with E-state index in [0.29, 0.717) is 24.8 Å². The molecule has 2 spiro atoms. The van der Waals surface area contributed by atoms with Gasteiger partial charge in [-0.2, -0.15) is 0 Å². The first kappa shape index (κ1) is 21.9. The van der Waals surface area contributed by atoms with E-state index in [0.717, 1.165) is 11.1 Å². The summed E-state index contributed by atoms with van der Waals surface area (Å²) in [6, 6.07) is 0. The maximum atomic E-state index is 14.4. The molecule has 0 amide bonds. The SMILES string of the molecule is C[C@@H]1C(=O)[C@@]2(C)CC[C@]34CC5=COC(C)(C)C5=CC=C3C(=O)C3(O[C@H]5[C@H](OC(=O)[C@]5(C)O)[C@@H]1C32)O4. The summed E-state index contributed by atoms with van der Waals surface area (Å²) in [6.45, 7) is 9.04. The first-order chi connectivity index (χ1) is 16.3. The molecule has 5 fully saturated rings. The number of hydrogen-bond acceptors (Lipinski definition) is 8. The van der Waals surface area contributed by atoms with Crippen LogP contribution in [0.15, 0.2) is 35.1 Å². The molecular weight excluding hydrogens is 452 g/mol. The Balaban J connectivity index is 1.45. The Labute approximate surface area is 203 Å². The highest BCUT2D eigenvalue weighted by Gasteiger charge is 2.81. The number of carbonyl (C=O) groups is 3. The van der Waals surface area contributed by atoms with E-state index in [1.165, 1.54) is 6.92 Å². The number of rotatable bonds is 0. The quantitative estimate of drug-likeness (QED) is 0.524. The molecule has 0 aromatic rings. The van der Waals surface area contributed by atoms with Crippen LogP contribution in [0.3, 0.4) is 0 Å². The van der Waals surface area contributed by atoms with Crippen molar-refractivity contribution in [3.05, 3.63) is 35.1 Å². The van der Waals surface area contributed by atoms with Gasteiger partial charge in [-0.3, -0.25) is 9.59 Å². The molecule has 2 unspecified atom stereocenters. The van der Waals surface area contributed by atoms with Gasteiger partial charge in [-0.05, 0) is 39.2 Å². The van der Waals surface area contributed by atoms with Crippen molar-refractivity contribution >= 4 is 17.5 Å². The second-order valence-electron chi connectivity index (χ2n) is 12.4. The molecule has 5 aliphatic heterocycles. The zero-order chi connectivity index (χ0) is 24.9. The first-order valence-electron chi connectivity index (χ1n) is 12.5. The van der Waals surface area contributed by atoms with E-state index < -0.39 is 63.9 Å². The van der Waals surface area contributed by atoms with Crippen molar-refractivity contribution in [2.24, 2.45) is 23.2 Å². The number of hydrogen-bond donors (Lipinski definition) is 1. The van der Waals surface area contributed by atoms with Crippen LogP contribution in [0.5, 0.6) is 0 Å². The Kier molecular flexibility index (Phi) is 3.75. The van der Waals surface area contributed by atoms with Crippen LogP contribution < -0.4 is 0 Å². The minimum atomic E-state index is -1.95. The summed E-state index contributed by atoms with van der Waals surface area (Å²) in [5, 5.41) is 11.1. The van der Waals surface area contributed by atoms with Crippen molar-refractivity contribution in [3.63, 3.8) is 0 Å². The lowest BCUT2D eigenvalue weighted by Gasteiger charge is -2.50. The predicted molar refractivity (Wildman–Crippen MR) is 119 cm³/mol. The Bertz CT molecular complexity index is 1220. The van der Waals surface area contributed by atoms with Gasteiger partial charge < -0.3 is 24.1 Å². The van der Waals surface area contributed by atoms with Crippen LogP contribution in [0.1, 0.15) is 53.9 Å². The number of fused-ring (bicyclic) bond motifs is 3. The molecule has 7 rings (SSSR count). The summed E-state index contributed by atoms with van der Waals surface area (Å²) in [5.41, 5.74) is -1.86. The molecular formula is C27H30O8. The van der Waals surface area contributed by atoms with Gasteiger partial charge in [-0.15, -0.1) is 0 Å². The van der Waals surface area contributed by atoms with Crippen LogP contribution >= 0.6 is 0 Å². The molecule has 5 heterocycles. The summed E-state index contributed by atoms with van der Waals surface area (Å²) in [5.74, 6) is -4.46. The van der Waals surface area contributed by atoms with Crippen LogP contribution in [0.25, 0.3) is 0 Å². The molecule has 4 saturated heterocycles. The maximum Gasteiger partial charge on any atom is 0.341 e. The molecule has 0 aromatic carbocycles. The van der Waals surface area contributed by atoms with E-state index in [1.54, 1.807) is 6.26 Å². The van der Waals surface area contributed by atoms with Crippen LogP contribution in [0.2, 0.25) is 0 Å². The standard InChI is InChI=1S/C27H30O8/c1-12-16-17-21(25(5,31)22(30)33-17)34-27-18(16)24(4,19(12)28)8-9-26(35-27)10-13-11-32-23(2,3)14(13)6-7-15(26)20(27)29/h6-7,11-12,16-18,21,31H,8-10H2,1-5H3/t12-,16+,17+,18?,21-,24-,25+,26-,27?/m0/s1.